The van der Waals surface area contributed by atoms with E-state index in [2.05, 4.69) is 10.3 Å². The number of hydrogen-bond acceptors (Lipinski definition) is 3. The molecular weight excluding hydrogens is 266 g/mol. The second-order valence-electron chi connectivity index (χ2n) is 6.15. The number of rotatable bonds is 5. The molecule has 3 rings (SSSR count). The average molecular weight is 287 g/mol. The van der Waals surface area contributed by atoms with Crippen LogP contribution in [-0.2, 0) is 9.59 Å². The van der Waals surface area contributed by atoms with Crippen LogP contribution in [0.4, 0.5) is 0 Å². The first-order chi connectivity index (χ1) is 10.1. The molecule has 0 radical (unpaired) electrons. The molecule has 5 nitrogen and oxygen atoms in total. The minimum Gasteiger partial charge on any atom is -0.349 e. The number of hydrogen-bond donors (Lipinski definition) is 1. The SMILES string of the molecule is CC(NC(=O)C1CC(=O)N(CC2CC2)C1)c1ccncc1. The van der Waals surface area contributed by atoms with Crippen molar-refractivity contribution in [2.75, 3.05) is 13.1 Å². The summed E-state index contributed by atoms with van der Waals surface area (Å²) in [5, 5.41) is 3.00. The highest BCUT2D eigenvalue weighted by atomic mass is 16.2. The molecule has 2 unspecified atom stereocenters. The lowest BCUT2D eigenvalue weighted by Gasteiger charge is -2.18. The van der Waals surface area contributed by atoms with Gasteiger partial charge >= 0.3 is 0 Å². The topological polar surface area (TPSA) is 62.3 Å². The minimum atomic E-state index is -0.208. The van der Waals surface area contributed by atoms with Crippen molar-refractivity contribution in [1.29, 1.82) is 0 Å². The van der Waals surface area contributed by atoms with Crippen LogP contribution in [0.15, 0.2) is 24.5 Å². The first kappa shape index (κ1) is 14.0. The Labute approximate surface area is 124 Å². The largest absolute Gasteiger partial charge is 0.349 e. The third-order valence-corrected chi connectivity index (χ3v) is 4.33. The number of nitrogens with zero attached hydrogens (tertiary/aromatic N) is 2. The molecule has 0 aromatic carbocycles. The molecule has 1 aliphatic carbocycles. The maximum absolute atomic E-state index is 12.3. The van der Waals surface area contributed by atoms with Crippen LogP contribution in [0, 0.1) is 11.8 Å². The summed E-state index contributed by atoms with van der Waals surface area (Å²) in [6.07, 6.45) is 6.23. The van der Waals surface area contributed by atoms with Gasteiger partial charge in [0.25, 0.3) is 0 Å². The number of carbonyl (C=O) groups excluding carboxylic acids is 2. The average Bonchev–Trinajstić information content (AvgIpc) is 3.23. The summed E-state index contributed by atoms with van der Waals surface area (Å²) in [5.74, 6) is 0.566. The van der Waals surface area contributed by atoms with Crippen molar-refractivity contribution in [1.82, 2.24) is 15.2 Å². The predicted molar refractivity (Wildman–Crippen MR) is 78.2 cm³/mol. The van der Waals surface area contributed by atoms with E-state index in [1.54, 1.807) is 12.4 Å². The van der Waals surface area contributed by atoms with Crippen molar-refractivity contribution in [2.45, 2.75) is 32.2 Å². The highest BCUT2D eigenvalue weighted by Crippen LogP contribution is 2.32. The van der Waals surface area contributed by atoms with E-state index in [1.807, 2.05) is 24.0 Å². The van der Waals surface area contributed by atoms with E-state index in [-0.39, 0.29) is 23.8 Å². The maximum atomic E-state index is 12.3. The molecule has 2 amide bonds. The smallest absolute Gasteiger partial charge is 0.225 e. The molecular formula is C16H21N3O2. The second-order valence-corrected chi connectivity index (χ2v) is 6.15. The maximum Gasteiger partial charge on any atom is 0.225 e. The van der Waals surface area contributed by atoms with Crippen LogP contribution >= 0.6 is 0 Å². The first-order valence-corrected chi connectivity index (χ1v) is 7.61. The van der Waals surface area contributed by atoms with Gasteiger partial charge in [-0.25, -0.2) is 0 Å². The number of amides is 2. The summed E-state index contributed by atoms with van der Waals surface area (Å²) in [6.45, 7) is 3.36. The Balaban J connectivity index is 1.54. The van der Waals surface area contributed by atoms with Crippen molar-refractivity contribution in [3.63, 3.8) is 0 Å². The number of nitrogens with one attached hydrogen (secondary N) is 1. The first-order valence-electron chi connectivity index (χ1n) is 7.61. The Morgan fingerprint density at radius 1 is 1.43 bits per heavy atom. The van der Waals surface area contributed by atoms with Gasteiger partial charge in [0.2, 0.25) is 11.8 Å². The highest BCUT2D eigenvalue weighted by Gasteiger charge is 2.37. The van der Waals surface area contributed by atoms with Crippen molar-refractivity contribution in [2.24, 2.45) is 11.8 Å². The molecule has 21 heavy (non-hydrogen) atoms. The van der Waals surface area contributed by atoms with E-state index in [0.29, 0.717) is 18.9 Å². The normalized spacial score (nSPS) is 23.2. The lowest BCUT2D eigenvalue weighted by molar-refractivity contribution is -0.129. The minimum absolute atomic E-state index is 0.0223. The van der Waals surface area contributed by atoms with Crippen LogP contribution in [0.1, 0.15) is 37.8 Å². The van der Waals surface area contributed by atoms with Crippen LogP contribution in [0.2, 0.25) is 0 Å². The Hall–Kier alpha value is -1.91. The van der Waals surface area contributed by atoms with E-state index in [0.717, 1.165) is 12.1 Å². The van der Waals surface area contributed by atoms with Crippen LogP contribution in [0.5, 0.6) is 0 Å². The monoisotopic (exact) mass is 287 g/mol. The van der Waals surface area contributed by atoms with Gasteiger partial charge in [0.05, 0.1) is 12.0 Å². The number of pyridine rings is 1. The van der Waals surface area contributed by atoms with Gasteiger partial charge in [-0.2, -0.15) is 0 Å². The lowest BCUT2D eigenvalue weighted by atomic mass is 10.1. The van der Waals surface area contributed by atoms with Gasteiger partial charge in [0, 0.05) is 31.9 Å². The zero-order chi connectivity index (χ0) is 14.8. The Morgan fingerprint density at radius 3 is 2.81 bits per heavy atom. The fourth-order valence-corrected chi connectivity index (χ4v) is 2.80. The molecule has 5 heteroatoms. The van der Waals surface area contributed by atoms with Gasteiger partial charge in [-0.15, -0.1) is 0 Å². The van der Waals surface area contributed by atoms with Crippen LogP contribution in [-0.4, -0.2) is 34.8 Å². The third-order valence-electron chi connectivity index (χ3n) is 4.33. The fraction of sp³-hybridized carbons (Fsp3) is 0.562. The summed E-state index contributed by atoms with van der Waals surface area (Å²) < 4.78 is 0. The summed E-state index contributed by atoms with van der Waals surface area (Å²) in [7, 11) is 0. The second kappa shape index (κ2) is 5.84. The molecule has 1 saturated carbocycles. The van der Waals surface area contributed by atoms with Crippen LogP contribution < -0.4 is 5.32 Å². The Kier molecular flexibility index (Phi) is 3.90. The standard InChI is InChI=1S/C16H21N3O2/c1-11(13-4-6-17-7-5-13)18-16(21)14-8-15(20)19(10-14)9-12-2-3-12/h4-7,11-12,14H,2-3,8-10H2,1H3,(H,18,21). The zero-order valence-electron chi connectivity index (χ0n) is 12.3. The summed E-state index contributed by atoms with van der Waals surface area (Å²) >= 11 is 0. The van der Waals surface area contributed by atoms with Crippen molar-refractivity contribution >= 4 is 11.8 Å². The quantitative estimate of drug-likeness (QED) is 0.893. The fourth-order valence-electron chi connectivity index (χ4n) is 2.80. The summed E-state index contributed by atoms with van der Waals surface area (Å²) in [5.41, 5.74) is 1.03. The predicted octanol–water partition coefficient (Wildman–Crippen LogP) is 1.52. The molecule has 2 atom stereocenters. The van der Waals surface area contributed by atoms with Gasteiger partial charge in [0.15, 0.2) is 0 Å². The Bertz CT molecular complexity index is 528. The molecule has 0 bridgehead atoms. The van der Waals surface area contributed by atoms with Gasteiger partial charge in [-0.05, 0) is 43.4 Å². The number of carbonyl (C=O) groups is 2. The molecule has 1 N–H and O–H groups in total. The lowest BCUT2D eigenvalue weighted by Crippen LogP contribution is -2.35. The van der Waals surface area contributed by atoms with Crippen molar-refractivity contribution in [3.8, 4) is 0 Å². The van der Waals surface area contributed by atoms with E-state index < -0.39 is 0 Å². The zero-order valence-corrected chi connectivity index (χ0v) is 12.3. The highest BCUT2D eigenvalue weighted by molar-refractivity contribution is 5.89. The van der Waals surface area contributed by atoms with Gasteiger partial charge in [0.1, 0.15) is 0 Å². The van der Waals surface area contributed by atoms with E-state index >= 15 is 0 Å². The van der Waals surface area contributed by atoms with E-state index in [9.17, 15) is 9.59 Å². The number of likely N-dealkylation sites (tertiary alicyclic amines) is 1. The van der Waals surface area contributed by atoms with Crippen molar-refractivity contribution in [3.05, 3.63) is 30.1 Å². The summed E-state index contributed by atoms with van der Waals surface area (Å²) in [6, 6.07) is 3.72. The molecule has 2 aliphatic rings. The molecule has 1 saturated heterocycles. The molecule has 0 spiro atoms. The van der Waals surface area contributed by atoms with Crippen molar-refractivity contribution < 1.29 is 9.59 Å². The molecule has 112 valence electrons. The molecule has 2 heterocycles. The third kappa shape index (κ3) is 3.40. The summed E-state index contributed by atoms with van der Waals surface area (Å²) in [4.78, 5) is 30.1. The molecule has 2 fully saturated rings. The van der Waals surface area contributed by atoms with Crippen LogP contribution in [0.3, 0.4) is 0 Å². The van der Waals surface area contributed by atoms with Gasteiger partial charge in [-0.3, -0.25) is 14.6 Å². The molecule has 1 aromatic rings. The van der Waals surface area contributed by atoms with Gasteiger partial charge < -0.3 is 10.2 Å². The van der Waals surface area contributed by atoms with E-state index in [4.69, 9.17) is 0 Å². The van der Waals surface area contributed by atoms with Gasteiger partial charge in [-0.1, -0.05) is 0 Å². The Morgan fingerprint density at radius 2 is 2.14 bits per heavy atom. The van der Waals surface area contributed by atoms with E-state index in [1.165, 1.54) is 12.8 Å². The number of aromatic nitrogens is 1. The molecule has 1 aliphatic heterocycles. The van der Waals surface area contributed by atoms with Crippen LogP contribution in [0.25, 0.3) is 0 Å². The molecule has 1 aromatic heterocycles.